The predicted octanol–water partition coefficient (Wildman–Crippen LogP) is 5.45. The highest BCUT2D eigenvalue weighted by atomic mass is 16.6. The van der Waals surface area contributed by atoms with Gasteiger partial charge in [-0.25, -0.2) is 0 Å². The summed E-state index contributed by atoms with van der Waals surface area (Å²) in [4.78, 5) is 31.1. The van der Waals surface area contributed by atoms with Crippen LogP contribution < -0.4 is 0 Å². The van der Waals surface area contributed by atoms with Crippen molar-refractivity contribution in [3.8, 4) is 0 Å². The number of rotatable bonds is 16. The Labute approximate surface area is 160 Å². The minimum atomic E-state index is -0.610. The Morgan fingerprint density at radius 2 is 1.48 bits per heavy atom. The van der Waals surface area contributed by atoms with Crippen molar-refractivity contribution in [1.82, 2.24) is 0 Å². The van der Waals surface area contributed by atoms with Crippen molar-refractivity contribution in [2.24, 2.45) is 0 Å². The van der Waals surface area contributed by atoms with Crippen LogP contribution in [0.2, 0.25) is 0 Å². The molecule has 0 rings (SSSR count). The third kappa shape index (κ3) is 14.3. The van der Waals surface area contributed by atoms with E-state index in [-0.39, 0.29) is 24.2 Å². The van der Waals surface area contributed by atoms with Crippen molar-refractivity contribution < 1.29 is 14.6 Å². The van der Waals surface area contributed by atoms with E-state index in [0.717, 1.165) is 12.8 Å². The molecule has 0 aliphatic heterocycles. The second kappa shape index (κ2) is 16.9. The minimum Gasteiger partial charge on any atom is -0.291 e. The van der Waals surface area contributed by atoms with Gasteiger partial charge in [-0.1, -0.05) is 44.1 Å². The van der Waals surface area contributed by atoms with Gasteiger partial charge in [0.15, 0.2) is 6.29 Å². The highest BCUT2D eigenvalue weighted by Gasteiger charge is 2.20. The Bertz CT molecular complexity index is 577. The molecule has 0 bridgehead atoms. The summed E-state index contributed by atoms with van der Waals surface area (Å²) < 4.78 is 0. The monoisotopic (exact) mass is 377 g/mol. The van der Waals surface area contributed by atoms with Gasteiger partial charge in [-0.05, 0) is 50.7 Å². The van der Waals surface area contributed by atoms with Crippen molar-refractivity contribution in [1.29, 1.82) is 0 Å². The number of hydrogen-bond donors (Lipinski definition) is 0. The number of hydrogen-bond acceptors (Lipinski definition) is 5. The van der Waals surface area contributed by atoms with Gasteiger partial charge in [0.25, 0.3) is 11.4 Å². The molecule has 0 aromatic carbocycles. The lowest BCUT2D eigenvalue weighted by molar-refractivity contribution is -0.450. The first-order valence-electron chi connectivity index (χ1n) is 9.34. The van der Waals surface area contributed by atoms with E-state index in [4.69, 9.17) is 0 Å². The van der Waals surface area contributed by atoms with E-state index in [1.54, 1.807) is 6.29 Å². The largest absolute Gasteiger partial charge is 0.291 e. The van der Waals surface area contributed by atoms with E-state index in [2.05, 4.69) is 19.1 Å². The van der Waals surface area contributed by atoms with Crippen molar-refractivity contribution in [2.75, 3.05) is 0 Å². The second-order valence-corrected chi connectivity index (χ2v) is 6.03. The number of carbonyl (C=O) groups excluding carboxylic acids is 1. The Morgan fingerprint density at radius 3 is 2.11 bits per heavy atom. The summed E-state index contributed by atoms with van der Waals surface area (Å²) in [6, 6.07) is 0. The van der Waals surface area contributed by atoms with Crippen LogP contribution in [-0.2, 0) is 4.79 Å². The van der Waals surface area contributed by atoms with Gasteiger partial charge in [0.2, 0.25) is 0 Å². The average molecular weight is 377 g/mol. The van der Waals surface area contributed by atoms with Crippen LogP contribution in [0.5, 0.6) is 0 Å². The zero-order valence-corrected chi connectivity index (χ0v) is 16.0. The van der Waals surface area contributed by atoms with Gasteiger partial charge in [0, 0.05) is 6.42 Å². The summed E-state index contributed by atoms with van der Waals surface area (Å²) in [5.74, 6) is 0. The van der Waals surface area contributed by atoms with Crippen molar-refractivity contribution in [3.63, 3.8) is 0 Å². The summed E-state index contributed by atoms with van der Waals surface area (Å²) >= 11 is 0. The molecular formula is C20H29N2O5. The Kier molecular flexibility index (Phi) is 15.3. The molecule has 149 valence electrons. The van der Waals surface area contributed by atoms with Gasteiger partial charge in [0.05, 0.1) is 9.85 Å². The molecule has 7 heteroatoms. The normalized spacial score (nSPS) is 12.8. The maximum atomic E-state index is 11.1. The minimum absolute atomic E-state index is 0.192. The standard InChI is InChI=1S/C20H29N2O5/c1-2-3-4-5-6-7-8-9-10-12-15-19(21(24)25)18-20(22(26)27)16-13-11-14-17-23/h6-7,9-10,15-16H,2-5,8,11-14,18H2,1H3/b7-6-,10-9-,19-15+,20-16+. The highest BCUT2D eigenvalue weighted by molar-refractivity contribution is 5.50. The van der Waals surface area contributed by atoms with Crippen LogP contribution in [0.25, 0.3) is 0 Å². The summed E-state index contributed by atoms with van der Waals surface area (Å²) in [7, 11) is 0. The van der Waals surface area contributed by atoms with Crippen LogP contribution >= 0.6 is 0 Å². The lowest BCUT2D eigenvalue weighted by Gasteiger charge is -1.98. The molecule has 0 saturated carbocycles. The fourth-order valence-electron chi connectivity index (χ4n) is 2.25. The third-order valence-electron chi connectivity index (χ3n) is 3.76. The molecule has 7 nitrogen and oxygen atoms in total. The van der Waals surface area contributed by atoms with E-state index in [0.29, 0.717) is 19.3 Å². The first kappa shape index (κ1) is 24.4. The second-order valence-electron chi connectivity index (χ2n) is 6.03. The van der Waals surface area contributed by atoms with Crippen LogP contribution in [0.15, 0.2) is 47.9 Å². The molecule has 0 fully saturated rings. The molecule has 0 aliphatic rings. The SMILES string of the molecule is CCCCC/C=C\C/C=C\C/C=C(\C/C(=C\CCC[C]=O)[N+](=O)[O-])[N+](=O)[O-]. The molecule has 0 aliphatic carbocycles. The van der Waals surface area contributed by atoms with Gasteiger partial charge >= 0.3 is 0 Å². The quantitative estimate of drug-likeness (QED) is 0.154. The molecule has 0 atom stereocenters. The van der Waals surface area contributed by atoms with Crippen LogP contribution in [0.3, 0.4) is 0 Å². The van der Waals surface area contributed by atoms with E-state index in [1.807, 2.05) is 12.2 Å². The molecule has 0 aromatic rings. The van der Waals surface area contributed by atoms with Crippen molar-refractivity contribution in [3.05, 3.63) is 68.1 Å². The summed E-state index contributed by atoms with van der Waals surface area (Å²) in [5, 5.41) is 22.2. The fourth-order valence-corrected chi connectivity index (χ4v) is 2.25. The maximum Gasteiger partial charge on any atom is 0.253 e. The van der Waals surface area contributed by atoms with Crippen molar-refractivity contribution in [2.45, 2.75) is 71.1 Å². The molecule has 0 saturated heterocycles. The lowest BCUT2D eigenvalue weighted by Crippen LogP contribution is -2.06. The topological polar surface area (TPSA) is 103 Å². The first-order valence-corrected chi connectivity index (χ1v) is 9.34. The fraction of sp³-hybridized carbons (Fsp3) is 0.550. The Balaban J connectivity index is 4.54. The van der Waals surface area contributed by atoms with E-state index in [9.17, 15) is 25.0 Å². The molecule has 1 radical (unpaired) electrons. The van der Waals surface area contributed by atoms with Crippen LogP contribution in [0.1, 0.15) is 71.1 Å². The third-order valence-corrected chi connectivity index (χ3v) is 3.76. The number of allylic oxidation sites excluding steroid dienone is 6. The molecule has 0 N–H and O–H groups in total. The molecule has 0 amide bonds. The Morgan fingerprint density at radius 1 is 0.852 bits per heavy atom. The lowest BCUT2D eigenvalue weighted by atomic mass is 10.1. The molecule has 0 unspecified atom stereocenters. The van der Waals surface area contributed by atoms with Gasteiger partial charge in [-0.15, -0.1) is 0 Å². The zero-order valence-electron chi connectivity index (χ0n) is 16.0. The smallest absolute Gasteiger partial charge is 0.253 e. The van der Waals surface area contributed by atoms with Gasteiger partial charge < -0.3 is 0 Å². The van der Waals surface area contributed by atoms with Crippen molar-refractivity contribution >= 4 is 6.29 Å². The van der Waals surface area contributed by atoms with E-state index < -0.39 is 9.85 Å². The van der Waals surface area contributed by atoms with Gasteiger partial charge in [0.1, 0.15) is 6.42 Å². The van der Waals surface area contributed by atoms with E-state index in [1.165, 1.54) is 31.4 Å². The van der Waals surface area contributed by atoms with Crippen LogP contribution in [0, 0.1) is 20.2 Å². The molecule has 0 aromatic heterocycles. The first-order chi connectivity index (χ1) is 13.0. The summed E-state index contributed by atoms with van der Waals surface area (Å²) in [6.45, 7) is 2.16. The summed E-state index contributed by atoms with van der Waals surface area (Å²) in [6.07, 6.45) is 18.8. The van der Waals surface area contributed by atoms with Gasteiger partial charge in [-0.3, -0.25) is 25.0 Å². The van der Waals surface area contributed by atoms with Crippen LogP contribution in [0.4, 0.5) is 0 Å². The van der Waals surface area contributed by atoms with Gasteiger partial charge in [-0.2, -0.15) is 0 Å². The molecular weight excluding hydrogens is 348 g/mol. The number of nitrogens with zero attached hydrogens (tertiary/aromatic N) is 2. The molecule has 27 heavy (non-hydrogen) atoms. The van der Waals surface area contributed by atoms with Crippen LogP contribution in [-0.4, -0.2) is 16.1 Å². The molecule has 0 spiro atoms. The molecule has 0 heterocycles. The predicted molar refractivity (Wildman–Crippen MR) is 106 cm³/mol. The maximum absolute atomic E-state index is 11.1. The highest BCUT2D eigenvalue weighted by Crippen LogP contribution is 2.15. The zero-order chi connectivity index (χ0) is 20.3. The summed E-state index contributed by atoms with van der Waals surface area (Å²) in [5.41, 5.74) is -0.414. The number of unbranched alkanes of at least 4 members (excludes halogenated alkanes) is 5. The van der Waals surface area contributed by atoms with E-state index >= 15 is 0 Å². The average Bonchev–Trinajstić information content (AvgIpc) is 2.63. The number of nitro groups is 2. The Hall–Kier alpha value is -2.57.